The lowest BCUT2D eigenvalue weighted by Gasteiger charge is -2.16. The highest BCUT2D eigenvalue weighted by molar-refractivity contribution is 5.76. The molecule has 0 radical (unpaired) electrons. The number of carbonyl (C=O) groups is 1. The van der Waals surface area contributed by atoms with E-state index in [2.05, 4.69) is 25.2 Å². The fourth-order valence-electron chi connectivity index (χ4n) is 1.93. The zero-order valence-electron chi connectivity index (χ0n) is 11.3. The molecule has 1 N–H and O–H groups in total. The van der Waals surface area contributed by atoms with Crippen molar-refractivity contribution in [1.82, 2.24) is 0 Å². The average Bonchev–Trinajstić information content (AvgIpc) is 2.25. The van der Waals surface area contributed by atoms with Crippen LogP contribution in [0, 0.1) is 20.8 Å². The molecule has 0 atom stereocenters. The molecule has 0 heterocycles. The zero-order valence-corrected chi connectivity index (χ0v) is 11.3. The summed E-state index contributed by atoms with van der Waals surface area (Å²) in [6.07, 6.45) is 0.559. The summed E-state index contributed by atoms with van der Waals surface area (Å²) >= 11 is 0. The zero-order chi connectivity index (χ0) is 13.0. The van der Waals surface area contributed by atoms with Crippen LogP contribution in [0.25, 0.3) is 0 Å². The Balaban J connectivity index is 2.90. The lowest BCUT2D eigenvalue weighted by atomic mass is 10.0. The molecule has 17 heavy (non-hydrogen) atoms. The van der Waals surface area contributed by atoms with Crippen LogP contribution in [0.5, 0.6) is 5.75 Å². The van der Waals surface area contributed by atoms with Crippen LogP contribution >= 0.6 is 0 Å². The first-order valence-electron chi connectivity index (χ1n) is 5.85. The molecular weight excluding hydrogens is 214 g/mol. The summed E-state index contributed by atoms with van der Waals surface area (Å²) in [5, 5.41) is 3.30. The molecule has 0 bridgehead atoms. The van der Waals surface area contributed by atoms with Gasteiger partial charge in [-0.15, -0.1) is 0 Å². The van der Waals surface area contributed by atoms with Crippen LogP contribution in [-0.2, 0) is 4.79 Å². The van der Waals surface area contributed by atoms with Crippen LogP contribution in [0.1, 0.15) is 30.0 Å². The lowest BCUT2D eigenvalue weighted by molar-refractivity contribution is -0.116. The second-order valence-electron chi connectivity index (χ2n) is 4.40. The van der Waals surface area contributed by atoms with Gasteiger partial charge < -0.3 is 10.1 Å². The maximum absolute atomic E-state index is 10.9. The van der Waals surface area contributed by atoms with E-state index in [1.165, 1.54) is 5.56 Å². The maximum Gasteiger partial charge on any atom is 0.131 e. The summed E-state index contributed by atoms with van der Waals surface area (Å²) in [5.74, 6) is 1.15. The van der Waals surface area contributed by atoms with Gasteiger partial charge in [0.05, 0.1) is 7.11 Å². The molecule has 94 valence electrons. The van der Waals surface area contributed by atoms with Crippen molar-refractivity contribution < 1.29 is 9.53 Å². The standard InChI is InChI=1S/C14H21NO2/c1-9-8-13(15-7-6-10(2)16)11(3)12(4)14(9)17-5/h8,15H,6-7H2,1-5H3. The highest BCUT2D eigenvalue weighted by Gasteiger charge is 2.10. The molecule has 0 unspecified atom stereocenters. The first-order valence-corrected chi connectivity index (χ1v) is 5.85. The van der Waals surface area contributed by atoms with Gasteiger partial charge in [0, 0.05) is 18.7 Å². The van der Waals surface area contributed by atoms with E-state index in [9.17, 15) is 4.79 Å². The molecule has 0 aromatic heterocycles. The van der Waals surface area contributed by atoms with Crippen LogP contribution in [0.15, 0.2) is 6.07 Å². The van der Waals surface area contributed by atoms with Gasteiger partial charge in [-0.05, 0) is 50.5 Å². The molecule has 3 nitrogen and oxygen atoms in total. The van der Waals surface area contributed by atoms with E-state index in [0.29, 0.717) is 13.0 Å². The number of anilines is 1. The summed E-state index contributed by atoms with van der Waals surface area (Å²) < 4.78 is 5.37. The Bertz CT molecular complexity index is 425. The minimum Gasteiger partial charge on any atom is -0.496 e. The Kier molecular flexibility index (Phi) is 4.55. The number of nitrogens with one attached hydrogen (secondary N) is 1. The molecule has 1 aromatic rings. The van der Waals surface area contributed by atoms with Crippen LogP contribution < -0.4 is 10.1 Å². The summed E-state index contributed by atoms with van der Waals surface area (Å²) in [7, 11) is 1.69. The lowest BCUT2D eigenvalue weighted by Crippen LogP contribution is -2.08. The van der Waals surface area contributed by atoms with Crippen molar-refractivity contribution in [3.05, 3.63) is 22.8 Å². The number of ketones is 1. The van der Waals surface area contributed by atoms with Crippen molar-refractivity contribution in [1.29, 1.82) is 0 Å². The Morgan fingerprint density at radius 1 is 1.29 bits per heavy atom. The number of Topliss-reactive ketones (excluding diaryl/α,β-unsaturated/α-hetero) is 1. The largest absolute Gasteiger partial charge is 0.496 e. The first-order chi connectivity index (χ1) is 7.97. The molecule has 0 aliphatic heterocycles. The first kappa shape index (κ1) is 13.6. The smallest absolute Gasteiger partial charge is 0.131 e. The number of carbonyl (C=O) groups excluding carboxylic acids is 1. The van der Waals surface area contributed by atoms with E-state index in [1.54, 1.807) is 14.0 Å². The van der Waals surface area contributed by atoms with E-state index in [4.69, 9.17) is 4.74 Å². The fraction of sp³-hybridized carbons (Fsp3) is 0.500. The number of rotatable bonds is 5. The van der Waals surface area contributed by atoms with Crippen LogP contribution in [0.4, 0.5) is 5.69 Å². The Labute approximate surface area is 103 Å². The number of methoxy groups -OCH3 is 1. The topological polar surface area (TPSA) is 38.3 Å². The third kappa shape index (κ3) is 3.22. The second-order valence-corrected chi connectivity index (χ2v) is 4.40. The third-order valence-electron chi connectivity index (χ3n) is 3.02. The third-order valence-corrected chi connectivity index (χ3v) is 3.02. The number of ether oxygens (including phenoxy) is 1. The van der Waals surface area contributed by atoms with Gasteiger partial charge in [0.15, 0.2) is 0 Å². The van der Waals surface area contributed by atoms with Crippen molar-refractivity contribution in [3.8, 4) is 5.75 Å². The van der Waals surface area contributed by atoms with E-state index in [-0.39, 0.29) is 5.78 Å². The molecule has 0 fully saturated rings. The molecule has 0 aliphatic carbocycles. The van der Waals surface area contributed by atoms with Gasteiger partial charge in [0.2, 0.25) is 0 Å². The molecule has 0 spiro atoms. The van der Waals surface area contributed by atoms with Gasteiger partial charge in [-0.3, -0.25) is 4.79 Å². The Morgan fingerprint density at radius 3 is 2.47 bits per heavy atom. The molecule has 0 amide bonds. The van der Waals surface area contributed by atoms with Gasteiger partial charge in [0.25, 0.3) is 0 Å². The van der Waals surface area contributed by atoms with Gasteiger partial charge in [-0.25, -0.2) is 0 Å². The van der Waals surface area contributed by atoms with Crippen molar-refractivity contribution in [2.75, 3.05) is 19.0 Å². The van der Waals surface area contributed by atoms with E-state index in [0.717, 1.165) is 22.6 Å². The van der Waals surface area contributed by atoms with Crippen LogP contribution in [0.3, 0.4) is 0 Å². The quantitative estimate of drug-likeness (QED) is 0.852. The average molecular weight is 235 g/mol. The predicted octanol–water partition coefficient (Wildman–Crippen LogP) is 3.01. The normalized spacial score (nSPS) is 10.2. The van der Waals surface area contributed by atoms with E-state index < -0.39 is 0 Å². The highest BCUT2D eigenvalue weighted by Crippen LogP contribution is 2.31. The van der Waals surface area contributed by atoms with Gasteiger partial charge in [-0.2, -0.15) is 0 Å². The summed E-state index contributed by atoms with van der Waals surface area (Å²) in [6.45, 7) is 8.44. The highest BCUT2D eigenvalue weighted by atomic mass is 16.5. The maximum atomic E-state index is 10.9. The number of hydrogen-bond acceptors (Lipinski definition) is 3. The molecule has 1 rings (SSSR count). The molecular formula is C14H21NO2. The Morgan fingerprint density at radius 2 is 1.94 bits per heavy atom. The summed E-state index contributed by atoms with van der Waals surface area (Å²) in [4.78, 5) is 10.9. The van der Waals surface area contributed by atoms with Crippen molar-refractivity contribution in [3.63, 3.8) is 0 Å². The summed E-state index contributed by atoms with van der Waals surface area (Å²) in [6, 6.07) is 2.07. The number of benzene rings is 1. The summed E-state index contributed by atoms with van der Waals surface area (Å²) in [5.41, 5.74) is 4.52. The second kappa shape index (κ2) is 5.71. The molecule has 0 saturated heterocycles. The minimum atomic E-state index is 0.206. The fourth-order valence-corrected chi connectivity index (χ4v) is 1.93. The van der Waals surface area contributed by atoms with Gasteiger partial charge in [-0.1, -0.05) is 0 Å². The number of aryl methyl sites for hydroxylation is 1. The van der Waals surface area contributed by atoms with E-state index >= 15 is 0 Å². The van der Waals surface area contributed by atoms with Crippen molar-refractivity contribution in [2.45, 2.75) is 34.1 Å². The molecule has 1 aromatic carbocycles. The molecule has 0 aliphatic rings. The Hall–Kier alpha value is -1.51. The van der Waals surface area contributed by atoms with Crippen LogP contribution in [0.2, 0.25) is 0 Å². The van der Waals surface area contributed by atoms with E-state index in [1.807, 2.05) is 6.92 Å². The number of hydrogen-bond donors (Lipinski definition) is 1. The monoisotopic (exact) mass is 235 g/mol. The SMILES string of the molecule is COc1c(C)cc(NCCC(C)=O)c(C)c1C. The van der Waals surface area contributed by atoms with Crippen molar-refractivity contribution in [2.24, 2.45) is 0 Å². The molecule has 3 heteroatoms. The van der Waals surface area contributed by atoms with Crippen LogP contribution in [-0.4, -0.2) is 19.4 Å². The van der Waals surface area contributed by atoms with Gasteiger partial charge >= 0.3 is 0 Å². The minimum absolute atomic E-state index is 0.206. The van der Waals surface area contributed by atoms with Crippen molar-refractivity contribution >= 4 is 11.5 Å². The molecule has 0 saturated carbocycles. The predicted molar refractivity (Wildman–Crippen MR) is 71.0 cm³/mol. The van der Waals surface area contributed by atoms with Gasteiger partial charge in [0.1, 0.15) is 11.5 Å².